The molecule has 8 nitrogen and oxygen atoms in total. The van der Waals surface area contributed by atoms with Gasteiger partial charge in [0.05, 0.1) is 18.1 Å². The van der Waals surface area contributed by atoms with Gasteiger partial charge < -0.3 is 25.1 Å². The van der Waals surface area contributed by atoms with Crippen molar-refractivity contribution in [3.05, 3.63) is 72.0 Å². The van der Waals surface area contributed by atoms with Crippen molar-refractivity contribution in [1.29, 1.82) is 0 Å². The van der Waals surface area contributed by atoms with Gasteiger partial charge in [0.25, 0.3) is 11.8 Å². The molecule has 0 aliphatic heterocycles. The van der Waals surface area contributed by atoms with Gasteiger partial charge in [-0.15, -0.1) is 0 Å². The molecule has 0 saturated carbocycles. The van der Waals surface area contributed by atoms with Gasteiger partial charge in [-0.05, 0) is 74.5 Å². The number of ether oxygens (including phenoxy) is 2. The van der Waals surface area contributed by atoms with Crippen molar-refractivity contribution >= 4 is 28.5 Å². The van der Waals surface area contributed by atoms with Gasteiger partial charge in [0.1, 0.15) is 11.6 Å². The summed E-state index contributed by atoms with van der Waals surface area (Å²) in [5, 5.41) is 5.59. The number of aromatic nitrogens is 2. The van der Waals surface area contributed by atoms with Crippen molar-refractivity contribution < 1.29 is 23.5 Å². The maximum absolute atomic E-state index is 13.2. The van der Waals surface area contributed by atoms with Crippen LogP contribution in [0.2, 0.25) is 0 Å². The number of rotatable bonds is 8. The number of anilines is 1. The molecule has 3 aromatic carbocycles. The van der Waals surface area contributed by atoms with Crippen molar-refractivity contribution in [2.24, 2.45) is 0 Å². The maximum Gasteiger partial charge on any atom is 0.258 e. The fourth-order valence-electron chi connectivity index (χ4n) is 3.47. The number of H-pyrrole nitrogens is 1. The minimum Gasteiger partial charge on any atom is -0.493 e. The number of fused-ring (bicyclic) bond motifs is 1. The van der Waals surface area contributed by atoms with Crippen LogP contribution in [0.25, 0.3) is 22.4 Å². The van der Waals surface area contributed by atoms with Crippen molar-refractivity contribution in [1.82, 2.24) is 15.3 Å². The highest BCUT2D eigenvalue weighted by Crippen LogP contribution is 2.29. The zero-order valence-electron chi connectivity index (χ0n) is 19.5. The van der Waals surface area contributed by atoms with E-state index in [-0.39, 0.29) is 30.3 Å². The number of hydrogen-bond acceptors (Lipinski definition) is 5. The number of carbonyl (C=O) groups is 2. The summed E-state index contributed by atoms with van der Waals surface area (Å²) in [6.45, 7) is 3.56. The molecule has 0 spiro atoms. The number of benzene rings is 3. The number of nitrogens with zero attached hydrogens (tertiary/aromatic N) is 1. The molecule has 0 atom stereocenters. The minimum absolute atomic E-state index is 0.00884. The molecule has 1 heterocycles. The molecule has 0 fully saturated rings. The van der Waals surface area contributed by atoms with Gasteiger partial charge in [-0.3, -0.25) is 9.59 Å². The van der Waals surface area contributed by atoms with Gasteiger partial charge in [0.2, 0.25) is 0 Å². The van der Waals surface area contributed by atoms with Crippen molar-refractivity contribution in [3.8, 4) is 22.9 Å². The second-order valence-corrected chi connectivity index (χ2v) is 8.15. The third-order valence-corrected chi connectivity index (χ3v) is 5.09. The monoisotopic (exact) mass is 476 g/mol. The van der Waals surface area contributed by atoms with E-state index < -0.39 is 0 Å². The van der Waals surface area contributed by atoms with Crippen LogP contribution in [0.3, 0.4) is 0 Å². The molecular weight excluding hydrogens is 451 g/mol. The molecule has 1 aromatic heterocycles. The van der Waals surface area contributed by atoms with Crippen LogP contribution in [0.15, 0.2) is 60.7 Å². The summed E-state index contributed by atoms with van der Waals surface area (Å²) >= 11 is 0. The molecular formula is C26H25FN4O4. The lowest BCUT2D eigenvalue weighted by atomic mass is 10.1. The van der Waals surface area contributed by atoms with Gasteiger partial charge in [-0.1, -0.05) is 0 Å². The summed E-state index contributed by atoms with van der Waals surface area (Å²) < 4.78 is 24.1. The van der Waals surface area contributed by atoms with Crippen LogP contribution in [0.5, 0.6) is 11.5 Å². The molecule has 2 amide bonds. The summed E-state index contributed by atoms with van der Waals surface area (Å²) in [6, 6.07) is 16.1. The number of methoxy groups -OCH3 is 1. The molecule has 0 radical (unpaired) electrons. The first-order chi connectivity index (χ1) is 16.8. The summed E-state index contributed by atoms with van der Waals surface area (Å²) in [5.74, 6) is 0.386. The Morgan fingerprint density at radius 2 is 1.80 bits per heavy atom. The Hall–Kier alpha value is -4.40. The molecule has 0 saturated heterocycles. The number of amides is 2. The van der Waals surface area contributed by atoms with Gasteiger partial charge in [-0.25, -0.2) is 9.37 Å². The van der Waals surface area contributed by atoms with E-state index in [9.17, 15) is 14.0 Å². The lowest BCUT2D eigenvalue weighted by molar-refractivity contribution is -0.123. The molecule has 3 N–H and O–H groups in total. The summed E-state index contributed by atoms with van der Waals surface area (Å²) in [6.07, 6.45) is 0. The zero-order valence-corrected chi connectivity index (χ0v) is 19.5. The first-order valence-electron chi connectivity index (χ1n) is 11.0. The SMILES string of the molecule is COc1cc(C(=O)Nc2ccc3nc(-c4ccc(F)cc4)[nH]c3c2)ccc1OCC(=O)NC(C)C. The summed E-state index contributed by atoms with van der Waals surface area (Å²) in [4.78, 5) is 32.4. The van der Waals surface area contributed by atoms with Crippen LogP contribution < -0.4 is 20.1 Å². The molecule has 0 aliphatic carbocycles. The Kier molecular flexibility index (Phi) is 6.96. The van der Waals surface area contributed by atoms with E-state index in [1.54, 1.807) is 48.5 Å². The Bertz CT molecular complexity index is 1370. The van der Waals surface area contributed by atoms with Crippen molar-refractivity contribution in [2.45, 2.75) is 19.9 Å². The average Bonchev–Trinajstić information content (AvgIpc) is 3.26. The smallest absolute Gasteiger partial charge is 0.258 e. The number of nitrogens with one attached hydrogen (secondary N) is 3. The molecule has 0 unspecified atom stereocenters. The Balaban J connectivity index is 1.47. The van der Waals surface area contributed by atoms with Crippen molar-refractivity contribution in [2.75, 3.05) is 19.0 Å². The quantitative estimate of drug-likeness (QED) is 0.346. The highest BCUT2D eigenvalue weighted by atomic mass is 19.1. The van der Waals surface area contributed by atoms with Crippen LogP contribution >= 0.6 is 0 Å². The molecule has 0 bridgehead atoms. The number of carbonyl (C=O) groups excluding carboxylic acids is 2. The van der Waals surface area contributed by atoms with Gasteiger partial charge in [-0.2, -0.15) is 0 Å². The third kappa shape index (κ3) is 5.75. The first-order valence-corrected chi connectivity index (χ1v) is 11.0. The van der Waals surface area contributed by atoms with Gasteiger partial charge in [0.15, 0.2) is 18.1 Å². The second kappa shape index (κ2) is 10.3. The fourth-order valence-corrected chi connectivity index (χ4v) is 3.47. The number of halogens is 1. The largest absolute Gasteiger partial charge is 0.493 e. The average molecular weight is 477 g/mol. The van der Waals surface area contributed by atoms with Gasteiger partial charge in [0, 0.05) is 22.9 Å². The van der Waals surface area contributed by atoms with E-state index in [0.717, 1.165) is 11.1 Å². The molecule has 9 heteroatoms. The molecule has 4 aromatic rings. The number of aromatic amines is 1. The Morgan fingerprint density at radius 3 is 2.51 bits per heavy atom. The summed E-state index contributed by atoms with van der Waals surface area (Å²) in [5.41, 5.74) is 3.12. The molecule has 35 heavy (non-hydrogen) atoms. The predicted octanol–water partition coefficient (Wildman–Crippen LogP) is 4.53. The fraction of sp³-hybridized carbons (Fsp3) is 0.192. The van der Waals surface area contributed by atoms with Gasteiger partial charge >= 0.3 is 0 Å². The normalized spacial score (nSPS) is 10.9. The highest BCUT2D eigenvalue weighted by Gasteiger charge is 2.14. The number of hydrogen-bond donors (Lipinski definition) is 3. The van der Waals surface area contributed by atoms with Crippen molar-refractivity contribution in [3.63, 3.8) is 0 Å². The zero-order chi connectivity index (χ0) is 24.9. The van der Waals surface area contributed by atoms with Crippen LogP contribution in [-0.2, 0) is 4.79 Å². The highest BCUT2D eigenvalue weighted by molar-refractivity contribution is 6.05. The summed E-state index contributed by atoms with van der Waals surface area (Å²) in [7, 11) is 1.46. The maximum atomic E-state index is 13.2. The van der Waals surface area contributed by atoms with Crippen LogP contribution in [0, 0.1) is 5.82 Å². The standard InChI is InChI=1S/C26H25FN4O4/c1-15(2)28-24(32)14-35-22-11-6-17(12-23(22)34-3)26(33)29-19-9-10-20-21(13-19)31-25(30-20)16-4-7-18(27)8-5-16/h4-13,15H,14H2,1-3H3,(H,28,32)(H,29,33)(H,30,31). The van der Waals surface area contributed by atoms with Crippen LogP contribution in [-0.4, -0.2) is 41.5 Å². The lowest BCUT2D eigenvalue weighted by Crippen LogP contribution is -2.34. The van der Waals surface area contributed by atoms with E-state index in [1.165, 1.54) is 19.2 Å². The molecule has 180 valence electrons. The Labute approximate surface area is 201 Å². The van der Waals surface area contributed by atoms with Crippen LogP contribution in [0.4, 0.5) is 10.1 Å². The van der Waals surface area contributed by atoms with E-state index in [0.29, 0.717) is 34.1 Å². The number of imidazole rings is 1. The van der Waals surface area contributed by atoms with E-state index >= 15 is 0 Å². The molecule has 0 aliphatic rings. The first kappa shape index (κ1) is 23.7. The third-order valence-electron chi connectivity index (χ3n) is 5.09. The lowest BCUT2D eigenvalue weighted by Gasteiger charge is -2.13. The topological polar surface area (TPSA) is 105 Å². The van der Waals surface area contributed by atoms with E-state index in [4.69, 9.17) is 9.47 Å². The van der Waals surface area contributed by atoms with E-state index in [2.05, 4.69) is 20.6 Å². The minimum atomic E-state index is -0.343. The van der Waals surface area contributed by atoms with Crippen LogP contribution in [0.1, 0.15) is 24.2 Å². The predicted molar refractivity (Wildman–Crippen MR) is 131 cm³/mol. The second-order valence-electron chi connectivity index (χ2n) is 8.15. The molecule has 4 rings (SSSR count). The van der Waals surface area contributed by atoms with E-state index in [1.807, 2.05) is 13.8 Å². The Morgan fingerprint density at radius 1 is 1.03 bits per heavy atom.